The van der Waals surface area contributed by atoms with Gasteiger partial charge in [0.1, 0.15) is 5.75 Å². The first-order valence-electron chi connectivity index (χ1n) is 6.94. The van der Waals surface area contributed by atoms with Crippen molar-refractivity contribution < 1.29 is 4.74 Å². The number of piperazine rings is 1. The van der Waals surface area contributed by atoms with Gasteiger partial charge in [0.15, 0.2) is 0 Å². The summed E-state index contributed by atoms with van der Waals surface area (Å²) >= 11 is 6.53. The van der Waals surface area contributed by atoms with E-state index < -0.39 is 0 Å². The lowest BCUT2D eigenvalue weighted by Gasteiger charge is -2.34. The van der Waals surface area contributed by atoms with Crippen molar-refractivity contribution in [2.24, 2.45) is 0 Å². The van der Waals surface area contributed by atoms with Gasteiger partial charge in [-0.3, -0.25) is 4.90 Å². The Bertz CT molecular complexity index is 491. The Balaban J connectivity index is 1.88. The highest BCUT2D eigenvalue weighted by Crippen LogP contribution is 2.38. The van der Waals surface area contributed by atoms with Gasteiger partial charge >= 0.3 is 0 Å². The van der Waals surface area contributed by atoms with E-state index in [1.807, 2.05) is 13.0 Å². The molecule has 1 aromatic rings. The van der Waals surface area contributed by atoms with Crippen molar-refractivity contribution in [3.63, 3.8) is 0 Å². The molecule has 0 radical (unpaired) electrons. The maximum absolute atomic E-state index is 6.53. The van der Waals surface area contributed by atoms with Crippen LogP contribution in [0.2, 0.25) is 5.02 Å². The third kappa shape index (κ3) is 2.14. The number of fused-ring (bicyclic) bond motifs is 2. The van der Waals surface area contributed by atoms with Crippen LogP contribution in [0.4, 0.5) is 0 Å². The normalized spacial score (nSPS) is 27.8. The first-order valence-corrected chi connectivity index (χ1v) is 7.31. The molecule has 0 aliphatic carbocycles. The minimum Gasteiger partial charge on any atom is -0.496 e. The third-order valence-electron chi connectivity index (χ3n) is 4.63. The van der Waals surface area contributed by atoms with E-state index >= 15 is 0 Å². The van der Waals surface area contributed by atoms with Crippen LogP contribution in [0.15, 0.2) is 12.1 Å². The van der Waals surface area contributed by atoms with Crippen LogP contribution in [0, 0.1) is 6.92 Å². The maximum Gasteiger partial charge on any atom is 0.123 e. The van der Waals surface area contributed by atoms with Crippen LogP contribution in [0.5, 0.6) is 5.75 Å². The second-order valence-corrected chi connectivity index (χ2v) is 6.04. The Morgan fingerprint density at radius 3 is 2.84 bits per heavy atom. The van der Waals surface area contributed by atoms with Gasteiger partial charge in [-0.25, -0.2) is 0 Å². The fourth-order valence-corrected chi connectivity index (χ4v) is 3.79. The first-order chi connectivity index (χ1) is 9.11. The van der Waals surface area contributed by atoms with E-state index in [1.54, 1.807) is 7.11 Å². The molecule has 0 unspecified atom stereocenters. The van der Waals surface area contributed by atoms with Gasteiger partial charge in [0.05, 0.1) is 12.1 Å². The fraction of sp³-hybridized carbons (Fsp3) is 0.600. The number of methoxy groups -OCH3 is 1. The molecule has 0 aromatic heterocycles. The minimum atomic E-state index is 0.370. The van der Waals surface area contributed by atoms with Crippen LogP contribution in [0.3, 0.4) is 0 Å². The lowest BCUT2D eigenvalue weighted by Crippen LogP contribution is -2.44. The molecule has 2 bridgehead atoms. The monoisotopic (exact) mass is 280 g/mol. The van der Waals surface area contributed by atoms with Gasteiger partial charge in [-0.1, -0.05) is 17.7 Å². The molecule has 19 heavy (non-hydrogen) atoms. The highest BCUT2D eigenvalue weighted by molar-refractivity contribution is 6.32. The maximum atomic E-state index is 6.53. The Kier molecular flexibility index (Phi) is 3.46. The molecular formula is C15H21ClN2O. The summed E-state index contributed by atoms with van der Waals surface area (Å²) in [4.78, 5) is 2.58. The predicted molar refractivity (Wildman–Crippen MR) is 78.1 cm³/mol. The topological polar surface area (TPSA) is 24.5 Å². The highest BCUT2D eigenvalue weighted by atomic mass is 35.5. The van der Waals surface area contributed by atoms with E-state index in [0.29, 0.717) is 18.1 Å². The SMILES string of the molecule is COc1ccc([C@H](C)N2C[C@H]3C[C@@H]2CN3)c(Cl)c1C. The molecular weight excluding hydrogens is 260 g/mol. The molecule has 0 spiro atoms. The number of rotatable bonds is 3. The molecule has 0 saturated carbocycles. The van der Waals surface area contributed by atoms with E-state index in [4.69, 9.17) is 16.3 Å². The van der Waals surface area contributed by atoms with Gasteiger partial charge in [-0.15, -0.1) is 0 Å². The number of nitrogens with one attached hydrogen (secondary N) is 1. The number of hydrogen-bond donors (Lipinski definition) is 1. The van der Waals surface area contributed by atoms with Gasteiger partial charge in [0.2, 0.25) is 0 Å². The average molecular weight is 281 g/mol. The molecule has 0 amide bonds. The standard InChI is InChI=1S/C15H21ClN2O/c1-9-14(19-3)5-4-13(15(9)16)10(2)18-8-11-6-12(18)7-17-11/h4-5,10-12,17H,6-8H2,1-3H3/t10-,11+,12+/m0/s1. The van der Waals surface area contributed by atoms with E-state index in [9.17, 15) is 0 Å². The number of halogens is 1. The van der Waals surface area contributed by atoms with Crippen molar-refractivity contribution in [2.45, 2.75) is 38.4 Å². The first kappa shape index (κ1) is 13.2. The molecule has 3 rings (SSSR count). The van der Waals surface area contributed by atoms with Crippen molar-refractivity contribution in [2.75, 3.05) is 20.2 Å². The Morgan fingerprint density at radius 1 is 1.47 bits per heavy atom. The van der Waals surface area contributed by atoms with Crippen molar-refractivity contribution in [1.82, 2.24) is 10.2 Å². The summed E-state index contributed by atoms with van der Waals surface area (Å²) < 4.78 is 5.33. The largest absolute Gasteiger partial charge is 0.496 e. The molecule has 1 N–H and O–H groups in total. The summed E-state index contributed by atoms with van der Waals surface area (Å²) in [6, 6.07) is 5.84. The summed E-state index contributed by atoms with van der Waals surface area (Å²) in [6.45, 7) is 6.53. The summed E-state index contributed by atoms with van der Waals surface area (Å²) in [6.07, 6.45) is 1.27. The molecule has 2 aliphatic heterocycles. The van der Waals surface area contributed by atoms with Crippen LogP contribution in [-0.4, -0.2) is 37.2 Å². The minimum absolute atomic E-state index is 0.370. The van der Waals surface area contributed by atoms with Crippen LogP contribution < -0.4 is 10.1 Å². The van der Waals surface area contributed by atoms with Gasteiger partial charge in [-0.2, -0.15) is 0 Å². The zero-order valence-corrected chi connectivity index (χ0v) is 12.5. The number of hydrogen-bond acceptors (Lipinski definition) is 3. The van der Waals surface area contributed by atoms with Crippen LogP contribution in [0.1, 0.15) is 30.5 Å². The van der Waals surface area contributed by atoms with E-state index in [1.165, 1.54) is 12.0 Å². The van der Waals surface area contributed by atoms with Crippen LogP contribution in [0.25, 0.3) is 0 Å². The third-order valence-corrected chi connectivity index (χ3v) is 5.13. The molecule has 2 saturated heterocycles. The van der Waals surface area contributed by atoms with Crippen molar-refractivity contribution in [1.29, 1.82) is 0 Å². The van der Waals surface area contributed by atoms with Crippen LogP contribution in [-0.2, 0) is 0 Å². The van der Waals surface area contributed by atoms with Gasteiger partial charge in [0, 0.05) is 36.8 Å². The number of likely N-dealkylation sites (tertiary alicyclic amines) is 1. The zero-order chi connectivity index (χ0) is 13.6. The van der Waals surface area contributed by atoms with Gasteiger partial charge in [0.25, 0.3) is 0 Å². The summed E-state index contributed by atoms with van der Waals surface area (Å²) in [5.41, 5.74) is 2.25. The van der Waals surface area contributed by atoms with Crippen molar-refractivity contribution in [3.8, 4) is 5.75 Å². The Morgan fingerprint density at radius 2 is 2.26 bits per heavy atom. The van der Waals surface area contributed by atoms with Crippen LogP contribution >= 0.6 is 11.6 Å². The van der Waals surface area contributed by atoms with Gasteiger partial charge in [-0.05, 0) is 31.9 Å². The number of benzene rings is 1. The molecule has 3 nitrogen and oxygen atoms in total. The molecule has 2 fully saturated rings. The summed E-state index contributed by atoms with van der Waals surface area (Å²) in [5.74, 6) is 0.866. The average Bonchev–Trinajstić information content (AvgIpc) is 3.03. The Hall–Kier alpha value is -0.770. The highest BCUT2D eigenvalue weighted by Gasteiger charge is 2.40. The van der Waals surface area contributed by atoms with Gasteiger partial charge < -0.3 is 10.1 Å². The fourth-order valence-electron chi connectivity index (χ4n) is 3.48. The lowest BCUT2D eigenvalue weighted by atomic mass is 10.0. The predicted octanol–water partition coefficient (Wildman–Crippen LogP) is 2.76. The lowest BCUT2D eigenvalue weighted by molar-refractivity contribution is 0.170. The molecule has 4 heteroatoms. The number of nitrogens with zero attached hydrogens (tertiary/aromatic N) is 1. The van der Waals surface area contributed by atoms with Crippen molar-refractivity contribution >= 4 is 11.6 Å². The van der Waals surface area contributed by atoms with E-state index in [0.717, 1.165) is 29.4 Å². The van der Waals surface area contributed by atoms with E-state index in [2.05, 4.69) is 23.2 Å². The quantitative estimate of drug-likeness (QED) is 0.921. The molecule has 2 heterocycles. The molecule has 3 atom stereocenters. The summed E-state index contributed by atoms with van der Waals surface area (Å²) in [5, 5.41) is 4.39. The smallest absolute Gasteiger partial charge is 0.123 e. The second kappa shape index (κ2) is 4.97. The van der Waals surface area contributed by atoms with Crippen molar-refractivity contribution in [3.05, 3.63) is 28.3 Å². The molecule has 104 valence electrons. The Labute approximate surface area is 119 Å². The molecule has 2 aliphatic rings. The number of ether oxygens (including phenoxy) is 1. The summed E-state index contributed by atoms with van der Waals surface area (Å²) in [7, 11) is 1.69. The van der Waals surface area contributed by atoms with E-state index in [-0.39, 0.29) is 0 Å². The molecule has 1 aromatic carbocycles. The second-order valence-electron chi connectivity index (χ2n) is 5.66. The zero-order valence-electron chi connectivity index (χ0n) is 11.7.